The molecule has 1 aromatic carbocycles. The molecule has 0 aliphatic carbocycles. The Hall–Kier alpha value is -2.71. The van der Waals surface area contributed by atoms with Gasteiger partial charge in [0.15, 0.2) is 0 Å². The Morgan fingerprint density at radius 2 is 1.84 bits per heavy atom. The van der Waals surface area contributed by atoms with Crippen molar-refractivity contribution in [3.63, 3.8) is 0 Å². The summed E-state index contributed by atoms with van der Waals surface area (Å²) in [5.74, 6) is -0.841. The molecular weight excluding hydrogens is 337 g/mol. The third-order valence-electron chi connectivity index (χ3n) is 3.77. The van der Waals surface area contributed by atoms with Crippen LogP contribution in [0.4, 0.5) is 18.9 Å². The van der Waals surface area contributed by atoms with Crippen molar-refractivity contribution in [2.45, 2.75) is 26.1 Å². The number of rotatable bonds is 5. The summed E-state index contributed by atoms with van der Waals surface area (Å²) >= 11 is 0. The molecule has 25 heavy (non-hydrogen) atoms. The number of amides is 1. The van der Waals surface area contributed by atoms with Crippen LogP contribution in [0.5, 0.6) is 0 Å². The monoisotopic (exact) mass is 356 g/mol. The van der Waals surface area contributed by atoms with E-state index in [0.717, 1.165) is 0 Å². The van der Waals surface area contributed by atoms with Crippen molar-refractivity contribution < 1.29 is 18.0 Å². The summed E-state index contributed by atoms with van der Waals surface area (Å²) in [6.45, 7) is 1.66. The van der Waals surface area contributed by atoms with Gasteiger partial charge in [-0.15, -0.1) is 0 Å². The van der Waals surface area contributed by atoms with E-state index in [1.807, 2.05) is 6.07 Å². The van der Waals surface area contributed by atoms with Gasteiger partial charge in [-0.2, -0.15) is 13.2 Å². The van der Waals surface area contributed by atoms with Crippen molar-refractivity contribution in [2.24, 2.45) is 7.05 Å². The average molecular weight is 356 g/mol. The van der Waals surface area contributed by atoms with E-state index in [4.69, 9.17) is 0 Å². The van der Waals surface area contributed by atoms with Crippen LogP contribution in [0.3, 0.4) is 0 Å². The van der Waals surface area contributed by atoms with Crippen LogP contribution in [0.15, 0.2) is 35.1 Å². The maximum atomic E-state index is 12.7. The smallest absolute Gasteiger partial charge is 0.368 e. The van der Waals surface area contributed by atoms with Gasteiger partial charge < -0.3 is 10.6 Å². The standard InChI is InChI=1S/C16H19F3N4O2/c1-10(14(24)20-9-16(17,18)19)21-13-11(2)22(3)23(15(13)25)12-7-5-4-6-8-12/h4-8,10,21H,9H2,1-3H3,(H,20,24). The van der Waals surface area contributed by atoms with Crippen molar-refractivity contribution in [1.82, 2.24) is 14.7 Å². The maximum Gasteiger partial charge on any atom is 0.405 e. The fourth-order valence-corrected chi connectivity index (χ4v) is 2.36. The van der Waals surface area contributed by atoms with E-state index in [0.29, 0.717) is 11.4 Å². The largest absolute Gasteiger partial charge is 0.405 e. The van der Waals surface area contributed by atoms with Crippen LogP contribution in [0, 0.1) is 6.92 Å². The molecule has 6 nitrogen and oxygen atoms in total. The van der Waals surface area contributed by atoms with Crippen molar-refractivity contribution in [3.8, 4) is 5.69 Å². The number of carbonyl (C=O) groups is 1. The molecule has 9 heteroatoms. The fourth-order valence-electron chi connectivity index (χ4n) is 2.36. The molecule has 0 aliphatic rings. The molecule has 0 aliphatic heterocycles. The summed E-state index contributed by atoms with van der Waals surface area (Å²) in [7, 11) is 1.68. The van der Waals surface area contributed by atoms with Gasteiger partial charge in [-0.25, -0.2) is 4.68 Å². The van der Waals surface area contributed by atoms with E-state index >= 15 is 0 Å². The van der Waals surface area contributed by atoms with Gasteiger partial charge in [0.1, 0.15) is 18.3 Å². The fraction of sp³-hybridized carbons (Fsp3) is 0.375. The highest BCUT2D eigenvalue weighted by Crippen LogP contribution is 2.15. The van der Waals surface area contributed by atoms with Crippen LogP contribution in [0.2, 0.25) is 0 Å². The highest BCUT2D eigenvalue weighted by molar-refractivity contribution is 5.84. The van der Waals surface area contributed by atoms with Crippen LogP contribution in [-0.4, -0.2) is 34.0 Å². The van der Waals surface area contributed by atoms with Gasteiger partial charge in [-0.3, -0.25) is 14.3 Å². The number of alkyl halides is 3. The maximum absolute atomic E-state index is 12.7. The van der Waals surface area contributed by atoms with Crippen LogP contribution in [0.25, 0.3) is 5.69 Å². The molecule has 0 fully saturated rings. The number of aromatic nitrogens is 2. The van der Waals surface area contributed by atoms with E-state index in [-0.39, 0.29) is 11.2 Å². The third kappa shape index (κ3) is 4.23. The number of para-hydroxylation sites is 1. The minimum absolute atomic E-state index is 0.168. The highest BCUT2D eigenvalue weighted by atomic mass is 19.4. The van der Waals surface area contributed by atoms with Gasteiger partial charge in [0.25, 0.3) is 5.56 Å². The van der Waals surface area contributed by atoms with E-state index in [1.54, 1.807) is 48.2 Å². The molecule has 0 bridgehead atoms. The lowest BCUT2D eigenvalue weighted by Gasteiger charge is -2.15. The van der Waals surface area contributed by atoms with Crippen LogP contribution in [0.1, 0.15) is 12.6 Å². The van der Waals surface area contributed by atoms with E-state index in [9.17, 15) is 22.8 Å². The number of hydrogen-bond donors (Lipinski definition) is 2. The highest BCUT2D eigenvalue weighted by Gasteiger charge is 2.29. The Labute approximate surface area is 142 Å². The van der Waals surface area contributed by atoms with Gasteiger partial charge in [0.2, 0.25) is 5.91 Å². The van der Waals surface area contributed by atoms with Gasteiger partial charge in [0, 0.05) is 7.05 Å². The van der Waals surface area contributed by atoms with Crippen LogP contribution in [-0.2, 0) is 11.8 Å². The molecule has 1 heterocycles. The predicted molar refractivity (Wildman–Crippen MR) is 87.9 cm³/mol. The van der Waals surface area contributed by atoms with Gasteiger partial charge in [-0.05, 0) is 26.0 Å². The van der Waals surface area contributed by atoms with Crippen LogP contribution >= 0.6 is 0 Å². The lowest BCUT2D eigenvalue weighted by atomic mass is 10.2. The quantitative estimate of drug-likeness (QED) is 0.861. The summed E-state index contributed by atoms with van der Waals surface area (Å²) < 4.78 is 39.6. The lowest BCUT2D eigenvalue weighted by molar-refractivity contribution is -0.138. The third-order valence-corrected chi connectivity index (χ3v) is 3.77. The molecule has 2 rings (SSSR count). The molecule has 2 N–H and O–H groups in total. The van der Waals surface area contributed by atoms with Gasteiger partial charge in [0.05, 0.1) is 11.4 Å². The summed E-state index contributed by atoms with van der Waals surface area (Å²) in [6.07, 6.45) is -4.49. The Balaban J connectivity index is 2.24. The summed E-state index contributed by atoms with van der Waals surface area (Å²) in [5.41, 5.74) is 0.979. The van der Waals surface area contributed by atoms with Gasteiger partial charge in [-0.1, -0.05) is 18.2 Å². The average Bonchev–Trinajstić information content (AvgIpc) is 2.76. The lowest BCUT2D eigenvalue weighted by Crippen LogP contribution is -2.42. The molecule has 0 radical (unpaired) electrons. The molecule has 0 spiro atoms. The first kappa shape index (κ1) is 18.6. The Bertz CT molecular complexity index is 809. The zero-order valence-electron chi connectivity index (χ0n) is 14.0. The molecule has 0 saturated heterocycles. The number of carbonyl (C=O) groups excluding carboxylic acids is 1. The Morgan fingerprint density at radius 3 is 2.40 bits per heavy atom. The summed E-state index contributed by atoms with van der Waals surface area (Å²) in [6, 6.07) is 7.89. The molecule has 1 aromatic heterocycles. The number of anilines is 1. The first-order valence-corrected chi connectivity index (χ1v) is 7.57. The second-order valence-corrected chi connectivity index (χ2v) is 5.64. The first-order valence-electron chi connectivity index (χ1n) is 7.57. The minimum Gasteiger partial charge on any atom is -0.368 e. The molecule has 2 aromatic rings. The van der Waals surface area contributed by atoms with Crippen molar-refractivity contribution in [1.29, 1.82) is 0 Å². The Kier molecular flexibility index (Phi) is 5.24. The molecular formula is C16H19F3N4O2. The second kappa shape index (κ2) is 7.04. The number of benzene rings is 1. The Morgan fingerprint density at radius 1 is 1.24 bits per heavy atom. The minimum atomic E-state index is -4.49. The van der Waals surface area contributed by atoms with Crippen molar-refractivity contribution in [3.05, 3.63) is 46.4 Å². The van der Waals surface area contributed by atoms with Crippen LogP contribution < -0.4 is 16.2 Å². The number of hydrogen-bond acceptors (Lipinski definition) is 3. The van der Waals surface area contributed by atoms with Crippen molar-refractivity contribution in [2.75, 3.05) is 11.9 Å². The predicted octanol–water partition coefficient (Wildman–Crippen LogP) is 1.96. The second-order valence-electron chi connectivity index (χ2n) is 5.64. The zero-order chi connectivity index (χ0) is 18.8. The molecule has 136 valence electrons. The number of nitrogens with zero attached hydrogens (tertiary/aromatic N) is 2. The zero-order valence-corrected chi connectivity index (χ0v) is 14.0. The normalized spacial score (nSPS) is 12.7. The van der Waals surface area contributed by atoms with E-state index < -0.39 is 24.7 Å². The summed E-state index contributed by atoms with van der Waals surface area (Å²) in [4.78, 5) is 24.4. The SMILES string of the molecule is Cc1c(NC(C)C(=O)NCC(F)(F)F)c(=O)n(-c2ccccc2)n1C. The topological polar surface area (TPSA) is 68.1 Å². The van der Waals surface area contributed by atoms with E-state index in [2.05, 4.69) is 5.32 Å². The molecule has 1 amide bonds. The van der Waals surface area contributed by atoms with E-state index in [1.165, 1.54) is 11.6 Å². The number of nitrogens with one attached hydrogen (secondary N) is 2. The molecule has 1 unspecified atom stereocenters. The van der Waals surface area contributed by atoms with Gasteiger partial charge >= 0.3 is 6.18 Å². The molecule has 0 saturated carbocycles. The summed E-state index contributed by atoms with van der Waals surface area (Å²) in [5, 5.41) is 4.50. The van der Waals surface area contributed by atoms with Crippen molar-refractivity contribution >= 4 is 11.6 Å². The number of halogens is 3. The molecule has 1 atom stereocenters. The first-order chi connectivity index (χ1) is 11.6.